The molecular formula is C7H17NO2. The average Bonchev–Trinajstić information content (AvgIpc) is 1.89. The molecule has 1 unspecified atom stereocenters. The van der Waals surface area contributed by atoms with Gasteiger partial charge in [-0.15, -0.1) is 0 Å². The summed E-state index contributed by atoms with van der Waals surface area (Å²) in [5.41, 5.74) is 5.23. The number of ether oxygens (including phenoxy) is 1. The second kappa shape index (κ2) is 6.99. The molecular weight excluding hydrogens is 130 g/mol. The van der Waals surface area contributed by atoms with Crippen molar-refractivity contribution in [3.63, 3.8) is 0 Å². The first-order valence-electron chi connectivity index (χ1n) is 3.77. The fourth-order valence-electron chi connectivity index (χ4n) is 0.700. The molecule has 0 aliphatic carbocycles. The third-order valence-corrected chi connectivity index (χ3v) is 1.30. The van der Waals surface area contributed by atoms with Crippen molar-refractivity contribution in [1.29, 1.82) is 0 Å². The Labute approximate surface area is 62.2 Å². The van der Waals surface area contributed by atoms with Crippen LogP contribution in [0.4, 0.5) is 0 Å². The van der Waals surface area contributed by atoms with Crippen LogP contribution in [0.15, 0.2) is 0 Å². The summed E-state index contributed by atoms with van der Waals surface area (Å²) in [4.78, 5) is 0. The van der Waals surface area contributed by atoms with Crippen LogP contribution in [0.3, 0.4) is 0 Å². The van der Waals surface area contributed by atoms with E-state index in [-0.39, 0.29) is 6.10 Å². The number of hydrogen-bond acceptors (Lipinski definition) is 3. The number of hydrogen-bond donors (Lipinski definition) is 2. The maximum Gasteiger partial charge on any atom is 0.0574 e. The van der Waals surface area contributed by atoms with Crippen LogP contribution in [0.5, 0.6) is 0 Å². The Morgan fingerprint density at radius 1 is 1.50 bits per heavy atom. The Morgan fingerprint density at radius 3 is 2.70 bits per heavy atom. The van der Waals surface area contributed by atoms with Gasteiger partial charge in [0.2, 0.25) is 0 Å². The minimum Gasteiger partial charge on any atom is -0.393 e. The van der Waals surface area contributed by atoms with Gasteiger partial charge in [0.1, 0.15) is 0 Å². The highest BCUT2D eigenvalue weighted by Crippen LogP contribution is 1.95. The minimum atomic E-state index is -0.281. The molecule has 0 aromatic rings. The van der Waals surface area contributed by atoms with Crippen molar-refractivity contribution in [1.82, 2.24) is 0 Å². The van der Waals surface area contributed by atoms with Gasteiger partial charge in [-0.05, 0) is 26.3 Å². The molecule has 10 heavy (non-hydrogen) atoms. The number of aliphatic hydroxyl groups is 1. The van der Waals surface area contributed by atoms with E-state index in [1.54, 1.807) is 0 Å². The Morgan fingerprint density at radius 2 is 2.20 bits per heavy atom. The van der Waals surface area contributed by atoms with Crippen LogP contribution in [-0.4, -0.2) is 31.0 Å². The third kappa shape index (κ3) is 6.01. The molecule has 0 aromatic carbocycles. The van der Waals surface area contributed by atoms with E-state index in [2.05, 4.69) is 0 Å². The molecule has 0 fully saturated rings. The molecule has 3 heteroatoms. The topological polar surface area (TPSA) is 55.5 Å². The lowest BCUT2D eigenvalue weighted by molar-refractivity contribution is 0.0855. The van der Waals surface area contributed by atoms with Gasteiger partial charge in [0, 0.05) is 13.2 Å². The first-order valence-corrected chi connectivity index (χ1v) is 3.77. The van der Waals surface area contributed by atoms with E-state index in [4.69, 9.17) is 15.6 Å². The highest BCUT2D eigenvalue weighted by atomic mass is 16.5. The van der Waals surface area contributed by atoms with Crippen LogP contribution >= 0.6 is 0 Å². The van der Waals surface area contributed by atoms with Crippen LogP contribution in [-0.2, 0) is 4.74 Å². The number of aliphatic hydroxyl groups excluding tert-OH is 1. The summed E-state index contributed by atoms with van der Waals surface area (Å²) < 4.78 is 5.05. The van der Waals surface area contributed by atoms with Gasteiger partial charge in [-0.2, -0.15) is 0 Å². The quantitative estimate of drug-likeness (QED) is 0.525. The Hall–Kier alpha value is -0.120. The molecule has 0 aliphatic rings. The summed E-state index contributed by atoms with van der Waals surface area (Å²) in [6.07, 6.45) is 1.09. The summed E-state index contributed by atoms with van der Waals surface area (Å²) in [5.74, 6) is 0. The highest BCUT2D eigenvalue weighted by Gasteiger charge is 2.00. The fraction of sp³-hybridized carbons (Fsp3) is 1.00. The monoisotopic (exact) mass is 147 g/mol. The fourth-order valence-corrected chi connectivity index (χ4v) is 0.700. The molecule has 0 rings (SSSR count). The summed E-state index contributed by atoms with van der Waals surface area (Å²) in [6, 6.07) is 0. The second-order valence-corrected chi connectivity index (χ2v) is 2.22. The van der Waals surface area contributed by atoms with E-state index in [1.807, 2.05) is 6.92 Å². The molecule has 0 spiro atoms. The van der Waals surface area contributed by atoms with Crippen LogP contribution in [0.25, 0.3) is 0 Å². The molecule has 0 aromatic heterocycles. The smallest absolute Gasteiger partial charge is 0.0574 e. The molecule has 0 amide bonds. The SMILES string of the molecule is CCOCCC(O)CCN. The first-order chi connectivity index (χ1) is 4.81. The van der Waals surface area contributed by atoms with Crippen LogP contribution in [0, 0.1) is 0 Å². The van der Waals surface area contributed by atoms with E-state index in [9.17, 15) is 0 Å². The Bertz CT molecular complexity index is 68.6. The molecule has 0 aliphatic heterocycles. The predicted molar refractivity (Wildman–Crippen MR) is 40.8 cm³/mol. The number of rotatable bonds is 6. The average molecular weight is 147 g/mol. The standard InChI is InChI=1S/C7H17NO2/c1-2-10-6-4-7(9)3-5-8/h7,9H,2-6,8H2,1H3. The van der Waals surface area contributed by atoms with Gasteiger partial charge < -0.3 is 15.6 Å². The largest absolute Gasteiger partial charge is 0.393 e. The van der Waals surface area contributed by atoms with Crippen LogP contribution in [0.1, 0.15) is 19.8 Å². The van der Waals surface area contributed by atoms with Gasteiger partial charge in [-0.3, -0.25) is 0 Å². The van der Waals surface area contributed by atoms with Crippen LogP contribution < -0.4 is 5.73 Å². The van der Waals surface area contributed by atoms with E-state index in [0.717, 1.165) is 6.61 Å². The van der Waals surface area contributed by atoms with Gasteiger partial charge >= 0.3 is 0 Å². The lowest BCUT2D eigenvalue weighted by Crippen LogP contribution is -2.15. The summed E-state index contributed by atoms with van der Waals surface area (Å²) in [7, 11) is 0. The Kier molecular flexibility index (Phi) is 6.91. The van der Waals surface area contributed by atoms with Crippen molar-refractivity contribution in [2.75, 3.05) is 19.8 Å². The molecule has 0 bridgehead atoms. The number of nitrogens with two attached hydrogens (primary N) is 1. The van der Waals surface area contributed by atoms with Crippen molar-refractivity contribution in [2.45, 2.75) is 25.9 Å². The summed E-state index contributed by atoms with van der Waals surface area (Å²) in [5, 5.41) is 9.12. The van der Waals surface area contributed by atoms with E-state index in [1.165, 1.54) is 0 Å². The maximum atomic E-state index is 9.12. The predicted octanol–water partition coefficient (Wildman–Crippen LogP) is 0.123. The summed E-state index contributed by atoms with van der Waals surface area (Å²) in [6.45, 7) is 3.84. The molecule has 3 nitrogen and oxygen atoms in total. The van der Waals surface area contributed by atoms with Gasteiger partial charge in [-0.1, -0.05) is 0 Å². The van der Waals surface area contributed by atoms with Crippen LogP contribution in [0.2, 0.25) is 0 Å². The van der Waals surface area contributed by atoms with Crippen molar-refractivity contribution in [3.05, 3.63) is 0 Å². The minimum absolute atomic E-state index is 0.281. The normalized spacial score (nSPS) is 13.5. The lowest BCUT2D eigenvalue weighted by Gasteiger charge is -2.07. The third-order valence-electron chi connectivity index (χ3n) is 1.30. The van der Waals surface area contributed by atoms with Crippen molar-refractivity contribution in [3.8, 4) is 0 Å². The molecule has 0 radical (unpaired) electrons. The lowest BCUT2D eigenvalue weighted by atomic mass is 10.2. The molecule has 1 atom stereocenters. The molecule has 3 N–H and O–H groups in total. The van der Waals surface area contributed by atoms with Crippen molar-refractivity contribution in [2.24, 2.45) is 5.73 Å². The first kappa shape index (κ1) is 9.88. The molecule has 0 heterocycles. The molecule has 0 saturated heterocycles. The summed E-state index contributed by atoms with van der Waals surface area (Å²) >= 11 is 0. The van der Waals surface area contributed by atoms with Gasteiger partial charge in [0.05, 0.1) is 6.10 Å². The van der Waals surface area contributed by atoms with Gasteiger partial charge in [-0.25, -0.2) is 0 Å². The second-order valence-electron chi connectivity index (χ2n) is 2.22. The zero-order valence-electron chi connectivity index (χ0n) is 6.55. The van der Waals surface area contributed by atoms with E-state index < -0.39 is 0 Å². The molecule has 62 valence electrons. The van der Waals surface area contributed by atoms with E-state index >= 15 is 0 Å². The highest BCUT2D eigenvalue weighted by molar-refractivity contribution is 4.54. The van der Waals surface area contributed by atoms with Crippen molar-refractivity contribution >= 4 is 0 Å². The zero-order valence-corrected chi connectivity index (χ0v) is 6.55. The van der Waals surface area contributed by atoms with E-state index in [0.29, 0.717) is 26.0 Å². The van der Waals surface area contributed by atoms with Gasteiger partial charge in [0.15, 0.2) is 0 Å². The maximum absolute atomic E-state index is 9.12. The van der Waals surface area contributed by atoms with Crippen molar-refractivity contribution < 1.29 is 9.84 Å². The Balaban J connectivity index is 2.97. The molecule has 0 saturated carbocycles. The van der Waals surface area contributed by atoms with Gasteiger partial charge in [0.25, 0.3) is 0 Å². The zero-order chi connectivity index (χ0) is 7.82.